The Morgan fingerprint density at radius 1 is 0.931 bits per heavy atom. The van der Waals surface area contributed by atoms with E-state index in [2.05, 4.69) is 5.32 Å². The minimum absolute atomic E-state index is 0.199. The van der Waals surface area contributed by atoms with E-state index in [4.69, 9.17) is 5.11 Å². The minimum atomic E-state index is -1.22. The van der Waals surface area contributed by atoms with Crippen LogP contribution in [0.4, 0.5) is 11.4 Å². The molecule has 1 amide bonds. The third kappa shape index (κ3) is 3.55. The fourth-order valence-corrected chi connectivity index (χ4v) is 3.36. The predicted molar refractivity (Wildman–Crippen MR) is 110 cm³/mol. The van der Waals surface area contributed by atoms with Crippen LogP contribution in [-0.2, 0) is 4.79 Å². The van der Waals surface area contributed by atoms with Crippen LogP contribution in [0, 0.1) is 0 Å². The molecule has 0 aromatic heterocycles. The van der Waals surface area contributed by atoms with Gasteiger partial charge in [0.25, 0.3) is 5.91 Å². The van der Waals surface area contributed by atoms with Crippen molar-refractivity contribution in [2.24, 2.45) is 0 Å². The van der Waals surface area contributed by atoms with Crippen molar-refractivity contribution in [1.29, 1.82) is 0 Å². The van der Waals surface area contributed by atoms with Crippen LogP contribution in [0.3, 0.4) is 0 Å². The first-order valence-electron chi connectivity index (χ1n) is 9.03. The van der Waals surface area contributed by atoms with Gasteiger partial charge >= 0.3 is 5.97 Å². The van der Waals surface area contributed by atoms with Gasteiger partial charge in [-0.1, -0.05) is 48.5 Å². The quantitative estimate of drug-likeness (QED) is 0.612. The number of aromatic carboxylic acids is 1. The lowest BCUT2D eigenvalue weighted by atomic mass is 10.1. The Kier molecular flexibility index (Phi) is 4.75. The lowest BCUT2D eigenvalue weighted by molar-refractivity contribution is -0.114. The zero-order valence-electron chi connectivity index (χ0n) is 15.3. The summed E-state index contributed by atoms with van der Waals surface area (Å²) in [5, 5.41) is 22.0. The molecule has 0 fully saturated rings. The molecule has 3 aromatic rings. The van der Waals surface area contributed by atoms with Crippen molar-refractivity contribution < 1.29 is 19.8 Å². The number of hydrogen-bond acceptors (Lipinski definition) is 4. The third-order valence-corrected chi connectivity index (χ3v) is 4.73. The Bertz CT molecular complexity index is 1090. The number of hydrogen-bond donors (Lipinski definition) is 3. The monoisotopic (exact) mass is 386 g/mol. The second-order valence-corrected chi connectivity index (χ2v) is 6.61. The maximum atomic E-state index is 13.2. The normalized spacial score (nSPS) is 15.9. The summed E-state index contributed by atoms with van der Waals surface area (Å²) in [6.07, 6.45) is 1.83. The molecule has 6 heteroatoms. The third-order valence-electron chi connectivity index (χ3n) is 4.73. The Hall–Kier alpha value is -4.06. The summed E-state index contributed by atoms with van der Waals surface area (Å²) < 4.78 is 0. The van der Waals surface area contributed by atoms with Crippen LogP contribution in [0.5, 0.6) is 5.75 Å². The van der Waals surface area contributed by atoms with E-state index in [1.54, 1.807) is 4.90 Å². The largest absolute Gasteiger partial charge is 0.507 e. The number of anilines is 2. The van der Waals surface area contributed by atoms with Crippen molar-refractivity contribution in [2.75, 3.05) is 10.2 Å². The first-order valence-corrected chi connectivity index (χ1v) is 9.03. The van der Waals surface area contributed by atoms with Crippen molar-refractivity contribution >= 4 is 23.3 Å². The molecular weight excluding hydrogens is 368 g/mol. The molecule has 29 heavy (non-hydrogen) atoms. The summed E-state index contributed by atoms with van der Waals surface area (Å²) in [7, 11) is 0. The van der Waals surface area contributed by atoms with Crippen molar-refractivity contribution in [3.63, 3.8) is 0 Å². The smallest absolute Gasteiger partial charge is 0.339 e. The number of benzene rings is 3. The fraction of sp³-hybridized carbons (Fsp3) is 0.0435. The molecule has 0 bridgehead atoms. The van der Waals surface area contributed by atoms with E-state index in [9.17, 15) is 14.7 Å². The minimum Gasteiger partial charge on any atom is -0.507 e. The van der Waals surface area contributed by atoms with Gasteiger partial charge in [-0.15, -0.1) is 0 Å². The van der Waals surface area contributed by atoms with Crippen LogP contribution in [0.25, 0.3) is 0 Å². The fourth-order valence-electron chi connectivity index (χ4n) is 3.36. The zero-order valence-corrected chi connectivity index (χ0v) is 15.3. The van der Waals surface area contributed by atoms with Crippen LogP contribution in [-0.4, -0.2) is 22.1 Å². The van der Waals surface area contributed by atoms with E-state index >= 15 is 0 Å². The van der Waals surface area contributed by atoms with E-state index in [0.29, 0.717) is 11.4 Å². The number of phenols is 1. The summed E-state index contributed by atoms with van der Waals surface area (Å²) in [5.41, 5.74) is 2.31. The van der Waals surface area contributed by atoms with Gasteiger partial charge in [-0.3, -0.25) is 9.69 Å². The number of carboxylic acid groups (broad SMARTS) is 1. The summed E-state index contributed by atoms with van der Waals surface area (Å²) in [4.78, 5) is 26.0. The van der Waals surface area contributed by atoms with Gasteiger partial charge in [0.1, 0.15) is 17.0 Å². The van der Waals surface area contributed by atoms with Gasteiger partial charge in [0.15, 0.2) is 0 Å². The number of amides is 1. The van der Waals surface area contributed by atoms with Gasteiger partial charge in [0.2, 0.25) is 0 Å². The number of para-hydroxylation sites is 1. The highest BCUT2D eigenvalue weighted by Gasteiger charge is 2.34. The average molecular weight is 386 g/mol. The number of carbonyl (C=O) groups excluding carboxylic acids is 1. The number of nitrogens with one attached hydrogen (secondary N) is 1. The first-order chi connectivity index (χ1) is 14.0. The average Bonchev–Trinajstić information content (AvgIpc) is 3.05. The van der Waals surface area contributed by atoms with Crippen LogP contribution in [0.15, 0.2) is 90.6 Å². The van der Waals surface area contributed by atoms with Gasteiger partial charge in [0, 0.05) is 17.4 Å². The Morgan fingerprint density at radius 3 is 2.21 bits per heavy atom. The molecule has 0 aliphatic carbocycles. The number of carbonyl (C=O) groups is 2. The highest BCUT2D eigenvalue weighted by Crippen LogP contribution is 2.36. The van der Waals surface area contributed by atoms with Gasteiger partial charge in [-0.05, 0) is 35.9 Å². The molecule has 0 saturated carbocycles. The molecule has 6 nitrogen and oxygen atoms in total. The number of nitrogens with zero attached hydrogens (tertiary/aromatic N) is 1. The van der Waals surface area contributed by atoms with Crippen molar-refractivity contribution in [3.05, 3.63) is 102 Å². The van der Waals surface area contributed by atoms with Crippen LogP contribution in [0.1, 0.15) is 22.0 Å². The van der Waals surface area contributed by atoms with Crippen molar-refractivity contribution in [3.8, 4) is 5.75 Å². The maximum absolute atomic E-state index is 13.2. The Morgan fingerprint density at radius 2 is 1.59 bits per heavy atom. The van der Waals surface area contributed by atoms with E-state index in [1.807, 2.05) is 66.7 Å². The lowest BCUT2D eigenvalue weighted by Crippen LogP contribution is -2.30. The molecule has 144 valence electrons. The molecule has 1 atom stereocenters. The molecule has 3 aromatic carbocycles. The van der Waals surface area contributed by atoms with E-state index < -0.39 is 5.97 Å². The first kappa shape index (κ1) is 18.3. The highest BCUT2D eigenvalue weighted by molar-refractivity contribution is 6.11. The van der Waals surface area contributed by atoms with Crippen LogP contribution < -0.4 is 10.2 Å². The standard InChI is InChI=1S/C23H18N2O4/c26-21-13-16(11-12-18(21)23(28)29)24-19-14-20(15-7-3-1-4-8-15)25(22(19)27)17-9-5-2-6-10-17/h1-14,20,24,26H,(H,28,29)/t20-/m1/s1. The molecule has 0 unspecified atom stereocenters. The van der Waals surface area contributed by atoms with Crippen LogP contribution in [0.2, 0.25) is 0 Å². The molecule has 1 aliphatic rings. The molecular formula is C23H18N2O4. The topological polar surface area (TPSA) is 89.9 Å². The van der Waals surface area contributed by atoms with Crippen molar-refractivity contribution in [2.45, 2.75) is 6.04 Å². The lowest BCUT2D eigenvalue weighted by Gasteiger charge is -2.25. The van der Waals surface area contributed by atoms with E-state index in [0.717, 1.165) is 11.3 Å². The van der Waals surface area contributed by atoms with Crippen LogP contribution >= 0.6 is 0 Å². The van der Waals surface area contributed by atoms with Gasteiger partial charge in [0.05, 0.1) is 6.04 Å². The summed E-state index contributed by atoms with van der Waals surface area (Å²) in [6.45, 7) is 0. The molecule has 4 rings (SSSR count). The van der Waals surface area contributed by atoms with E-state index in [-0.39, 0.29) is 23.3 Å². The second kappa shape index (κ2) is 7.52. The highest BCUT2D eigenvalue weighted by atomic mass is 16.4. The van der Waals surface area contributed by atoms with Gasteiger partial charge < -0.3 is 15.5 Å². The van der Waals surface area contributed by atoms with E-state index in [1.165, 1.54) is 18.2 Å². The SMILES string of the molecule is O=C(O)c1ccc(NC2=C[C@H](c3ccccc3)N(c3ccccc3)C2=O)cc1O. The number of aromatic hydroxyl groups is 1. The zero-order chi connectivity index (χ0) is 20.4. The molecule has 0 saturated heterocycles. The Labute approximate surface area is 167 Å². The number of rotatable bonds is 5. The number of carboxylic acids is 1. The summed E-state index contributed by atoms with van der Waals surface area (Å²) >= 11 is 0. The van der Waals surface area contributed by atoms with Crippen molar-refractivity contribution in [1.82, 2.24) is 0 Å². The molecule has 3 N–H and O–H groups in total. The second-order valence-electron chi connectivity index (χ2n) is 6.61. The molecule has 0 radical (unpaired) electrons. The summed E-state index contributed by atoms with van der Waals surface area (Å²) in [5.74, 6) is -1.80. The summed E-state index contributed by atoms with van der Waals surface area (Å²) in [6, 6.07) is 22.9. The van der Waals surface area contributed by atoms with Gasteiger partial charge in [-0.2, -0.15) is 0 Å². The molecule has 1 aliphatic heterocycles. The predicted octanol–water partition coefficient (Wildman–Crippen LogP) is 4.17. The van der Waals surface area contributed by atoms with Gasteiger partial charge in [-0.25, -0.2) is 4.79 Å². The Balaban J connectivity index is 1.69. The molecule has 0 spiro atoms. The maximum Gasteiger partial charge on any atom is 0.339 e. The molecule has 1 heterocycles.